The Morgan fingerprint density at radius 2 is 2.00 bits per heavy atom. The van der Waals surface area contributed by atoms with E-state index in [-0.39, 0.29) is 0 Å². The van der Waals surface area contributed by atoms with Crippen LogP contribution in [0.5, 0.6) is 0 Å². The summed E-state index contributed by atoms with van der Waals surface area (Å²) in [6.07, 6.45) is 2.21. The van der Waals surface area contributed by atoms with Gasteiger partial charge < -0.3 is 11.1 Å². The fourth-order valence-corrected chi connectivity index (χ4v) is 1.98. The SMILES string of the molecule is Cc1ccc(NC2CC(N)C2)c(C)c1. The predicted molar refractivity (Wildman–Crippen MR) is 60.5 cm³/mol. The van der Waals surface area contributed by atoms with Crippen LogP contribution < -0.4 is 11.1 Å². The van der Waals surface area contributed by atoms with Crippen LogP contribution in [-0.2, 0) is 0 Å². The van der Waals surface area contributed by atoms with Crippen LogP contribution in [0.4, 0.5) is 5.69 Å². The second kappa shape index (κ2) is 3.62. The van der Waals surface area contributed by atoms with E-state index in [4.69, 9.17) is 5.73 Å². The van der Waals surface area contributed by atoms with E-state index in [0.717, 1.165) is 12.8 Å². The molecular weight excluding hydrogens is 172 g/mol. The van der Waals surface area contributed by atoms with E-state index in [1.165, 1.54) is 16.8 Å². The Kier molecular flexibility index (Phi) is 2.46. The topological polar surface area (TPSA) is 38.0 Å². The highest BCUT2D eigenvalue weighted by Gasteiger charge is 2.25. The summed E-state index contributed by atoms with van der Waals surface area (Å²) in [5.74, 6) is 0. The number of aryl methyl sites for hydroxylation is 2. The molecule has 0 spiro atoms. The van der Waals surface area contributed by atoms with Crippen LogP contribution in [0.15, 0.2) is 18.2 Å². The molecule has 1 aliphatic carbocycles. The highest BCUT2D eigenvalue weighted by Crippen LogP contribution is 2.24. The van der Waals surface area contributed by atoms with E-state index >= 15 is 0 Å². The average Bonchev–Trinajstić information content (AvgIpc) is 2.06. The van der Waals surface area contributed by atoms with Crippen LogP contribution in [0, 0.1) is 13.8 Å². The van der Waals surface area contributed by atoms with Crippen molar-refractivity contribution >= 4 is 5.69 Å². The zero-order chi connectivity index (χ0) is 10.1. The van der Waals surface area contributed by atoms with E-state index < -0.39 is 0 Å². The van der Waals surface area contributed by atoms with Gasteiger partial charge in [0.1, 0.15) is 0 Å². The Labute approximate surface area is 85.5 Å². The van der Waals surface area contributed by atoms with Gasteiger partial charge in [-0.3, -0.25) is 0 Å². The summed E-state index contributed by atoms with van der Waals surface area (Å²) in [6.45, 7) is 4.27. The van der Waals surface area contributed by atoms with Gasteiger partial charge in [-0.15, -0.1) is 0 Å². The smallest absolute Gasteiger partial charge is 0.0372 e. The van der Waals surface area contributed by atoms with Crippen molar-refractivity contribution in [1.82, 2.24) is 0 Å². The van der Waals surface area contributed by atoms with Crippen LogP contribution in [0.2, 0.25) is 0 Å². The first kappa shape index (κ1) is 9.53. The molecule has 2 rings (SSSR count). The van der Waals surface area contributed by atoms with Crippen LogP contribution >= 0.6 is 0 Å². The summed E-state index contributed by atoms with van der Waals surface area (Å²) in [7, 11) is 0. The lowest BCUT2D eigenvalue weighted by Crippen LogP contribution is -2.44. The molecule has 3 N–H and O–H groups in total. The normalized spacial score (nSPS) is 25.6. The maximum atomic E-state index is 5.74. The number of hydrogen-bond donors (Lipinski definition) is 2. The largest absolute Gasteiger partial charge is 0.382 e. The molecule has 1 aromatic carbocycles. The van der Waals surface area contributed by atoms with Crippen molar-refractivity contribution in [3.8, 4) is 0 Å². The Morgan fingerprint density at radius 1 is 1.29 bits per heavy atom. The fourth-order valence-electron chi connectivity index (χ4n) is 1.98. The van der Waals surface area contributed by atoms with Crippen molar-refractivity contribution in [2.45, 2.75) is 38.8 Å². The van der Waals surface area contributed by atoms with Gasteiger partial charge in [-0.2, -0.15) is 0 Å². The maximum Gasteiger partial charge on any atom is 0.0372 e. The second-order valence-corrected chi connectivity index (χ2v) is 4.39. The van der Waals surface area contributed by atoms with Gasteiger partial charge in [0.05, 0.1) is 0 Å². The molecule has 0 radical (unpaired) electrons. The highest BCUT2D eigenvalue weighted by molar-refractivity contribution is 5.52. The first-order valence-electron chi connectivity index (χ1n) is 5.24. The Morgan fingerprint density at radius 3 is 2.57 bits per heavy atom. The average molecular weight is 190 g/mol. The van der Waals surface area contributed by atoms with Gasteiger partial charge in [0.2, 0.25) is 0 Å². The van der Waals surface area contributed by atoms with Crippen molar-refractivity contribution in [1.29, 1.82) is 0 Å². The summed E-state index contributed by atoms with van der Waals surface area (Å²) >= 11 is 0. The first-order valence-corrected chi connectivity index (χ1v) is 5.24. The summed E-state index contributed by atoms with van der Waals surface area (Å²) in [6, 6.07) is 7.52. The zero-order valence-corrected chi connectivity index (χ0v) is 8.88. The molecular formula is C12H18N2. The molecule has 0 aliphatic heterocycles. The lowest BCUT2D eigenvalue weighted by atomic mass is 9.87. The molecule has 1 fully saturated rings. The minimum Gasteiger partial charge on any atom is -0.382 e. The third-order valence-electron chi connectivity index (χ3n) is 2.92. The van der Waals surface area contributed by atoms with E-state index in [0.29, 0.717) is 12.1 Å². The van der Waals surface area contributed by atoms with Gasteiger partial charge in [0.25, 0.3) is 0 Å². The molecule has 0 unspecified atom stereocenters. The second-order valence-electron chi connectivity index (χ2n) is 4.39. The van der Waals surface area contributed by atoms with E-state index in [1.807, 2.05) is 0 Å². The number of nitrogens with two attached hydrogens (primary N) is 1. The molecule has 1 saturated carbocycles. The number of nitrogens with one attached hydrogen (secondary N) is 1. The molecule has 2 heteroatoms. The standard InChI is InChI=1S/C12H18N2/c1-8-3-4-12(9(2)5-8)14-11-6-10(13)7-11/h3-5,10-11,14H,6-7,13H2,1-2H3. The quantitative estimate of drug-likeness (QED) is 0.750. The van der Waals surface area contributed by atoms with E-state index in [2.05, 4.69) is 37.4 Å². The zero-order valence-electron chi connectivity index (χ0n) is 8.88. The number of benzene rings is 1. The molecule has 0 atom stereocenters. The molecule has 0 bridgehead atoms. The molecule has 1 aliphatic rings. The molecule has 76 valence electrons. The summed E-state index contributed by atoms with van der Waals surface area (Å²) in [5, 5.41) is 3.52. The molecule has 0 amide bonds. The Balaban J connectivity index is 2.02. The fraction of sp³-hybridized carbons (Fsp3) is 0.500. The lowest BCUT2D eigenvalue weighted by molar-refractivity contribution is 0.373. The number of anilines is 1. The van der Waals surface area contributed by atoms with Crippen LogP contribution in [0.3, 0.4) is 0 Å². The number of hydrogen-bond acceptors (Lipinski definition) is 2. The van der Waals surface area contributed by atoms with Crippen LogP contribution in [0.25, 0.3) is 0 Å². The van der Waals surface area contributed by atoms with Crippen molar-refractivity contribution in [3.05, 3.63) is 29.3 Å². The van der Waals surface area contributed by atoms with Crippen LogP contribution in [-0.4, -0.2) is 12.1 Å². The van der Waals surface area contributed by atoms with Gasteiger partial charge in [-0.1, -0.05) is 17.7 Å². The predicted octanol–water partition coefficient (Wildman–Crippen LogP) is 2.21. The van der Waals surface area contributed by atoms with Crippen LogP contribution in [0.1, 0.15) is 24.0 Å². The van der Waals surface area contributed by atoms with Gasteiger partial charge >= 0.3 is 0 Å². The summed E-state index contributed by atoms with van der Waals surface area (Å²) in [4.78, 5) is 0. The van der Waals surface area contributed by atoms with Gasteiger partial charge in [0.15, 0.2) is 0 Å². The van der Waals surface area contributed by atoms with Crippen molar-refractivity contribution in [2.24, 2.45) is 5.73 Å². The Bertz CT molecular complexity index is 327. The maximum absolute atomic E-state index is 5.74. The van der Waals surface area contributed by atoms with E-state index in [1.54, 1.807) is 0 Å². The van der Waals surface area contributed by atoms with Gasteiger partial charge in [0, 0.05) is 17.8 Å². The summed E-state index contributed by atoms with van der Waals surface area (Å²) < 4.78 is 0. The van der Waals surface area contributed by atoms with Gasteiger partial charge in [-0.25, -0.2) is 0 Å². The third kappa shape index (κ3) is 1.90. The molecule has 2 nitrogen and oxygen atoms in total. The minimum atomic E-state index is 0.415. The summed E-state index contributed by atoms with van der Waals surface area (Å²) in [5.41, 5.74) is 9.64. The minimum absolute atomic E-state index is 0.415. The van der Waals surface area contributed by atoms with Crippen molar-refractivity contribution in [3.63, 3.8) is 0 Å². The molecule has 1 aromatic rings. The lowest BCUT2D eigenvalue weighted by Gasteiger charge is -2.34. The molecule has 0 saturated heterocycles. The Hall–Kier alpha value is -1.02. The van der Waals surface area contributed by atoms with Crippen molar-refractivity contribution < 1.29 is 0 Å². The molecule has 0 heterocycles. The highest BCUT2D eigenvalue weighted by atomic mass is 15.0. The first-order chi connectivity index (χ1) is 6.65. The third-order valence-corrected chi connectivity index (χ3v) is 2.92. The van der Waals surface area contributed by atoms with Gasteiger partial charge in [-0.05, 0) is 38.3 Å². The van der Waals surface area contributed by atoms with Crippen molar-refractivity contribution in [2.75, 3.05) is 5.32 Å². The van der Waals surface area contributed by atoms with E-state index in [9.17, 15) is 0 Å². The monoisotopic (exact) mass is 190 g/mol. The number of rotatable bonds is 2. The molecule has 0 aromatic heterocycles. The molecule has 14 heavy (non-hydrogen) atoms.